The summed E-state index contributed by atoms with van der Waals surface area (Å²) in [5.74, 6) is 3.47. The summed E-state index contributed by atoms with van der Waals surface area (Å²) in [7, 11) is 0. The van der Waals surface area contributed by atoms with Crippen LogP contribution in [0.2, 0.25) is 0 Å². The highest BCUT2D eigenvalue weighted by Gasteiger charge is 2.23. The molecule has 0 heteroatoms. The van der Waals surface area contributed by atoms with E-state index in [1.165, 1.54) is 6.42 Å². The van der Waals surface area contributed by atoms with Gasteiger partial charge < -0.3 is 0 Å². The van der Waals surface area contributed by atoms with Crippen LogP contribution in [0.25, 0.3) is 0 Å². The van der Waals surface area contributed by atoms with Gasteiger partial charge in [0, 0.05) is 5.41 Å². The average Bonchev–Trinajstić information content (AvgIpc) is 1.88. The van der Waals surface area contributed by atoms with Gasteiger partial charge in [-0.1, -0.05) is 33.1 Å². The van der Waals surface area contributed by atoms with Gasteiger partial charge in [-0.15, -0.1) is 6.42 Å². The lowest BCUT2D eigenvalue weighted by molar-refractivity contribution is 0.288. The molecule has 0 aliphatic carbocycles. The van der Waals surface area contributed by atoms with Gasteiger partial charge in [0.2, 0.25) is 0 Å². The van der Waals surface area contributed by atoms with Crippen molar-refractivity contribution in [2.45, 2.75) is 40.5 Å². The number of hydrogen-bond donors (Lipinski definition) is 0. The molecule has 0 radical (unpaired) electrons. The van der Waals surface area contributed by atoms with E-state index in [0.29, 0.717) is 5.92 Å². The van der Waals surface area contributed by atoms with Crippen LogP contribution >= 0.6 is 0 Å². The third-order valence-electron chi connectivity index (χ3n) is 2.37. The van der Waals surface area contributed by atoms with Crippen LogP contribution in [0.5, 0.6) is 0 Å². The summed E-state index contributed by atoms with van der Waals surface area (Å²) in [6.07, 6.45) is 7.76. The van der Waals surface area contributed by atoms with Crippen LogP contribution in [0.4, 0.5) is 0 Å². The van der Waals surface area contributed by atoms with Gasteiger partial charge in [0.15, 0.2) is 0 Å². The Labute approximate surface area is 65.0 Å². The highest BCUT2D eigenvalue weighted by atomic mass is 14.3. The zero-order chi connectivity index (χ0) is 8.20. The van der Waals surface area contributed by atoms with Gasteiger partial charge in [0.1, 0.15) is 0 Å². The topological polar surface area (TPSA) is 0 Å². The summed E-state index contributed by atoms with van der Waals surface area (Å²) >= 11 is 0. The molecule has 0 saturated heterocycles. The molecule has 0 fully saturated rings. The maximum atomic E-state index is 5.44. The third-order valence-corrected chi connectivity index (χ3v) is 2.37. The highest BCUT2D eigenvalue weighted by Crippen LogP contribution is 2.30. The van der Waals surface area contributed by atoms with E-state index in [0.717, 1.165) is 6.42 Å². The van der Waals surface area contributed by atoms with Crippen LogP contribution in [0.15, 0.2) is 0 Å². The molecule has 1 atom stereocenters. The molecular formula is C10H18. The SMILES string of the molecule is C#CC(C)(CCC)C(C)C. The lowest BCUT2D eigenvalue weighted by atomic mass is 9.76. The van der Waals surface area contributed by atoms with Gasteiger partial charge in [0.05, 0.1) is 0 Å². The fourth-order valence-corrected chi connectivity index (χ4v) is 1.05. The van der Waals surface area contributed by atoms with Gasteiger partial charge >= 0.3 is 0 Å². The predicted molar refractivity (Wildman–Crippen MR) is 46.7 cm³/mol. The molecule has 10 heavy (non-hydrogen) atoms. The second-order valence-corrected chi connectivity index (χ2v) is 3.47. The first-order valence-electron chi connectivity index (χ1n) is 4.04. The Morgan fingerprint density at radius 1 is 1.50 bits per heavy atom. The van der Waals surface area contributed by atoms with Crippen LogP contribution in [-0.2, 0) is 0 Å². The van der Waals surface area contributed by atoms with Crippen LogP contribution in [0.1, 0.15) is 40.5 Å². The molecule has 0 nitrogen and oxygen atoms in total. The van der Waals surface area contributed by atoms with Crippen LogP contribution in [0.3, 0.4) is 0 Å². The van der Waals surface area contributed by atoms with Gasteiger partial charge in [-0.3, -0.25) is 0 Å². The van der Waals surface area contributed by atoms with Crippen molar-refractivity contribution in [3.63, 3.8) is 0 Å². The molecule has 0 amide bonds. The van der Waals surface area contributed by atoms with Gasteiger partial charge in [-0.2, -0.15) is 0 Å². The Hall–Kier alpha value is -0.440. The van der Waals surface area contributed by atoms with Crippen molar-refractivity contribution >= 4 is 0 Å². The molecule has 1 unspecified atom stereocenters. The second kappa shape index (κ2) is 3.66. The Morgan fingerprint density at radius 3 is 2.10 bits per heavy atom. The van der Waals surface area contributed by atoms with Gasteiger partial charge in [-0.05, 0) is 19.3 Å². The summed E-state index contributed by atoms with van der Waals surface area (Å²) in [4.78, 5) is 0. The van der Waals surface area contributed by atoms with Crippen LogP contribution in [-0.4, -0.2) is 0 Å². The molecule has 0 bridgehead atoms. The van der Waals surface area contributed by atoms with Gasteiger partial charge in [-0.25, -0.2) is 0 Å². The number of hydrogen-bond acceptors (Lipinski definition) is 0. The highest BCUT2D eigenvalue weighted by molar-refractivity contribution is 5.04. The quantitative estimate of drug-likeness (QED) is 0.526. The zero-order valence-electron chi connectivity index (χ0n) is 7.57. The lowest BCUT2D eigenvalue weighted by Crippen LogP contribution is -2.20. The largest absolute Gasteiger partial charge is 0.120 e. The minimum Gasteiger partial charge on any atom is -0.120 e. The Bertz CT molecular complexity index is 127. The maximum Gasteiger partial charge on any atom is 0.0306 e. The van der Waals surface area contributed by atoms with Crippen molar-refractivity contribution < 1.29 is 0 Å². The summed E-state index contributed by atoms with van der Waals surface area (Å²) in [6, 6.07) is 0. The number of terminal acetylenes is 1. The van der Waals surface area contributed by atoms with Crippen molar-refractivity contribution in [3.05, 3.63) is 0 Å². The molecule has 0 aromatic rings. The van der Waals surface area contributed by atoms with Crippen LogP contribution in [0, 0.1) is 23.7 Å². The van der Waals surface area contributed by atoms with Crippen LogP contribution < -0.4 is 0 Å². The van der Waals surface area contributed by atoms with E-state index < -0.39 is 0 Å². The average molecular weight is 138 g/mol. The predicted octanol–water partition coefficient (Wildman–Crippen LogP) is 3.08. The normalized spacial score (nSPS) is 16.4. The molecule has 0 aliphatic rings. The first-order chi connectivity index (χ1) is 4.56. The molecular weight excluding hydrogens is 120 g/mol. The Morgan fingerprint density at radius 2 is 2.00 bits per heavy atom. The van der Waals surface area contributed by atoms with E-state index in [2.05, 4.69) is 33.6 Å². The zero-order valence-corrected chi connectivity index (χ0v) is 7.57. The van der Waals surface area contributed by atoms with E-state index in [9.17, 15) is 0 Å². The molecule has 0 heterocycles. The molecule has 0 aromatic heterocycles. The molecule has 0 saturated carbocycles. The maximum absolute atomic E-state index is 5.44. The summed E-state index contributed by atoms with van der Waals surface area (Å²) in [5.41, 5.74) is 0.120. The van der Waals surface area contributed by atoms with E-state index in [4.69, 9.17) is 6.42 Å². The molecule has 0 N–H and O–H groups in total. The van der Waals surface area contributed by atoms with Crippen molar-refractivity contribution in [2.75, 3.05) is 0 Å². The fourth-order valence-electron chi connectivity index (χ4n) is 1.05. The number of rotatable bonds is 3. The van der Waals surface area contributed by atoms with Crippen molar-refractivity contribution in [1.82, 2.24) is 0 Å². The lowest BCUT2D eigenvalue weighted by Gasteiger charge is -2.27. The summed E-state index contributed by atoms with van der Waals surface area (Å²) in [5, 5.41) is 0. The van der Waals surface area contributed by atoms with E-state index in [-0.39, 0.29) is 5.41 Å². The monoisotopic (exact) mass is 138 g/mol. The molecule has 0 aliphatic heterocycles. The van der Waals surface area contributed by atoms with Crippen molar-refractivity contribution in [2.24, 2.45) is 11.3 Å². The molecule has 0 aromatic carbocycles. The smallest absolute Gasteiger partial charge is 0.0306 e. The molecule has 58 valence electrons. The Balaban J connectivity index is 4.12. The Kier molecular flexibility index (Phi) is 3.50. The second-order valence-electron chi connectivity index (χ2n) is 3.47. The summed E-state index contributed by atoms with van der Waals surface area (Å²) in [6.45, 7) is 8.73. The minimum absolute atomic E-state index is 0.120. The standard InChI is InChI=1S/C10H18/c1-6-8-10(5,7-2)9(3)4/h2,9H,6,8H2,1,3-5H3. The van der Waals surface area contributed by atoms with Crippen molar-refractivity contribution in [3.8, 4) is 12.3 Å². The fraction of sp³-hybridized carbons (Fsp3) is 0.800. The third kappa shape index (κ3) is 2.06. The molecule has 0 rings (SSSR count). The molecule has 0 spiro atoms. The van der Waals surface area contributed by atoms with E-state index >= 15 is 0 Å². The summed E-state index contributed by atoms with van der Waals surface area (Å²) < 4.78 is 0. The van der Waals surface area contributed by atoms with Crippen molar-refractivity contribution in [1.29, 1.82) is 0 Å². The van der Waals surface area contributed by atoms with E-state index in [1.54, 1.807) is 0 Å². The van der Waals surface area contributed by atoms with E-state index in [1.807, 2.05) is 0 Å². The minimum atomic E-state index is 0.120. The first-order valence-corrected chi connectivity index (χ1v) is 4.04. The van der Waals surface area contributed by atoms with Gasteiger partial charge in [0.25, 0.3) is 0 Å². The first kappa shape index (κ1) is 9.56.